The minimum atomic E-state index is -3.52. The van der Waals surface area contributed by atoms with Crippen LogP contribution < -0.4 is 4.90 Å². The van der Waals surface area contributed by atoms with Crippen LogP contribution in [0.15, 0.2) is 27.9 Å². The van der Waals surface area contributed by atoms with E-state index in [-0.39, 0.29) is 18.4 Å². The standard InChI is InChI=1S/C19H26N4O3S3/c1-15-5-6-17(28-15)29(25,26)23-10-2-4-16(14-23)18(24)21-8-3-9-22(12-11-21)19-20-7-13-27-19/h5-7,13,16H,2-4,8-12,14H2,1H3. The highest BCUT2D eigenvalue weighted by molar-refractivity contribution is 7.91. The molecule has 7 nitrogen and oxygen atoms in total. The van der Waals surface area contributed by atoms with Crippen LogP contribution in [0.25, 0.3) is 0 Å². The monoisotopic (exact) mass is 454 g/mol. The first-order chi connectivity index (χ1) is 13.9. The van der Waals surface area contributed by atoms with Gasteiger partial charge in [-0.25, -0.2) is 13.4 Å². The van der Waals surface area contributed by atoms with Gasteiger partial charge in [0.15, 0.2) is 5.13 Å². The molecule has 4 rings (SSSR count). The zero-order valence-corrected chi connectivity index (χ0v) is 18.9. The molecule has 0 aromatic carbocycles. The second kappa shape index (κ2) is 8.71. The lowest BCUT2D eigenvalue weighted by Gasteiger charge is -2.33. The number of hydrogen-bond acceptors (Lipinski definition) is 7. The summed E-state index contributed by atoms with van der Waals surface area (Å²) < 4.78 is 27.8. The molecule has 2 aromatic heterocycles. The Morgan fingerprint density at radius 3 is 2.72 bits per heavy atom. The van der Waals surface area contributed by atoms with Crippen LogP contribution in [-0.4, -0.2) is 67.8 Å². The van der Waals surface area contributed by atoms with Crippen molar-refractivity contribution in [3.8, 4) is 0 Å². The Kier molecular flexibility index (Phi) is 6.24. The van der Waals surface area contributed by atoms with Gasteiger partial charge in [0.25, 0.3) is 10.0 Å². The Labute approximate surface area is 180 Å². The van der Waals surface area contributed by atoms with Gasteiger partial charge in [-0.15, -0.1) is 22.7 Å². The van der Waals surface area contributed by atoms with E-state index in [0.717, 1.165) is 42.4 Å². The van der Waals surface area contributed by atoms with Crippen LogP contribution in [0.4, 0.5) is 5.13 Å². The summed E-state index contributed by atoms with van der Waals surface area (Å²) in [4.78, 5) is 22.7. The number of carbonyl (C=O) groups excluding carboxylic acids is 1. The number of thiazole rings is 1. The maximum Gasteiger partial charge on any atom is 0.252 e. The van der Waals surface area contributed by atoms with E-state index in [0.29, 0.717) is 23.8 Å². The fourth-order valence-corrected chi connectivity index (χ4v) is 7.66. The van der Waals surface area contributed by atoms with Crippen molar-refractivity contribution in [3.05, 3.63) is 28.6 Å². The first-order valence-corrected chi connectivity index (χ1v) is 13.1. The van der Waals surface area contributed by atoms with Gasteiger partial charge < -0.3 is 9.80 Å². The maximum atomic E-state index is 13.2. The number of sulfonamides is 1. The normalized spacial score (nSPS) is 21.9. The van der Waals surface area contributed by atoms with Crippen molar-refractivity contribution in [3.63, 3.8) is 0 Å². The van der Waals surface area contributed by atoms with Gasteiger partial charge in [-0.3, -0.25) is 4.79 Å². The van der Waals surface area contributed by atoms with E-state index in [9.17, 15) is 13.2 Å². The molecule has 2 saturated heterocycles. The lowest BCUT2D eigenvalue weighted by Crippen LogP contribution is -2.47. The van der Waals surface area contributed by atoms with Crippen LogP contribution in [0.2, 0.25) is 0 Å². The smallest absolute Gasteiger partial charge is 0.252 e. The van der Waals surface area contributed by atoms with Gasteiger partial charge in [-0.1, -0.05) is 0 Å². The highest BCUT2D eigenvalue weighted by Crippen LogP contribution is 2.29. The Hall–Kier alpha value is -1.49. The van der Waals surface area contributed by atoms with Gasteiger partial charge >= 0.3 is 0 Å². The molecule has 1 amide bonds. The van der Waals surface area contributed by atoms with Crippen molar-refractivity contribution in [2.24, 2.45) is 5.92 Å². The van der Waals surface area contributed by atoms with E-state index in [1.165, 1.54) is 15.6 Å². The minimum Gasteiger partial charge on any atom is -0.346 e. The number of aromatic nitrogens is 1. The second-order valence-electron chi connectivity index (χ2n) is 7.55. The zero-order chi connectivity index (χ0) is 20.4. The quantitative estimate of drug-likeness (QED) is 0.710. The van der Waals surface area contributed by atoms with Crippen molar-refractivity contribution < 1.29 is 13.2 Å². The third-order valence-electron chi connectivity index (χ3n) is 5.54. The summed E-state index contributed by atoms with van der Waals surface area (Å²) in [5.74, 6) is -0.167. The summed E-state index contributed by atoms with van der Waals surface area (Å²) in [7, 11) is -3.52. The van der Waals surface area contributed by atoms with Gasteiger partial charge in [-0.05, 0) is 38.3 Å². The fraction of sp³-hybridized carbons (Fsp3) is 0.579. The molecule has 2 aliphatic rings. The van der Waals surface area contributed by atoms with Crippen molar-refractivity contribution in [1.82, 2.24) is 14.2 Å². The molecule has 1 unspecified atom stereocenters. The van der Waals surface area contributed by atoms with E-state index in [1.807, 2.05) is 23.3 Å². The number of amides is 1. The van der Waals surface area contributed by atoms with Crippen LogP contribution in [0, 0.1) is 12.8 Å². The third kappa shape index (κ3) is 4.50. The molecule has 0 bridgehead atoms. The number of rotatable bonds is 4. The summed E-state index contributed by atoms with van der Waals surface area (Å²) in [5.41, 5.74) is 0. The minimum absolute atomic E-state index is 0.0910. The second-order valence-corrected chi connectivity index (χ2v) is 11.9. The Morgan fingerprint density at radius 1 is 1.14 bits per heavy atom. The number of anilines is 1. The zero-order valence-electron chi connectivity index (χ0n) is 16.5. The molecule has 0 spiro atoms. The van der Waals surface area contributed by atoms with E-state index >= 15 is 0 Å². The van der Waals surface area contributed by atoms with Gasteiger partial charge in [0.1, 0.15) is 4.21 Å². The lowest BCUT2D eigenvalue weighted by atomic mass is 9.98. The van der Waals surface area contributed by atoms with E-state index < -0.39 is 10.0 Å². The number of thiophene rings is 1. The predicted molar refractivity (Wildman–Crippen MR) is 116 cm³/mol. The molecule has 2 aliphatic heterocycles. The van der Waals surface area contributed by atoms with Gasteiger partial charge in [0, 0.05) is 55.7 Å². The van der Waals surface area contributed by atoms with Crippen molar-refractivity contribution in [2.75, 3.05) is 44.2 Å². The molecule has 0 radical (unpaired) electrons. The average Bonchev–Trinajstić information content (AvgIpc) is 3.35. The van der Waals surface area contributed by atoms with Crippen molar-refractivity contribution in [1.29, 1.82) is 0 Å². The highest BCUT2D eigenvalue weighted by atomic mass is 32.2. The Bertz CT molecular complexity index is 942. The van der Waals surface area contributed by atoms with E-state index in [1.54, 1.807) is 23.6 Å². The summed E-state index contributed by atoms with van der Waals surface area (Å²) in [6.07, 6.45) is 4.18. The molecule has 0 N–H and O–H groups in total. The molecule has 158 valence electrons. The largest absolute Gasteiger partial charge is 0.346 e. The third-order valence-corrected chi connectivity index (χ3v) is 9.71. The molecule has 2 aromatic rings. The molecular weight excluding hydrogens is 428 g/mol. The first kappa shape index (κ1) is 20.8. The molecular formula is C19H26N4O3S3. The predicted octanol–water partition coefficient (Wildman–Crippen LogP) is 2.65. The van der Waals surface area contributed by atoms with Gasteiger partial charge in [0.2, 0.25) is 5.91 Å². The topological polar surface area (TPSA) is 73.8 Å². The molecule has 0 aliphatic carbocycles. The van der Waals surface area contributed by atoms with Crippen LogP contribution in [0.5, 0.6) is 0 Å². The van der Waals surface area contributed by atoms with Gasteiger partial charge in [-0.2, -0.15) is 4.31 Å². The number of piperidine rings is 1. The number of carbonyl (C=O) groups is 1. The van der Waals surface area contributed by atoms with E-state index in [4.69, 9.17) is 0 Å². The number of hydrogen-bond donors (Lipinski definition) is 0. The highest BCUT2D eigenvalue weighted by Gasteiger charge is 2.36. The van der Waals surface area contributed by atoms with E-state index in [2.05, 4.69) is 9.88 Å². The lowest BCUT2D eigenvalue weighted by molar-refractivity contribution is -0.136. The number of aryl methyl sites for hydroxylation is 1. The number of nitrogens with zero attached hydrogens (tertiary/aromatic N) is 4. The van der Waals surface area contributed by atoms with Crippen LogP contribution in [-0.2, 0) is 14.8 Å². The Morgan fingerprint density at radius 2 is 2.00 bits per heavy atom. The molecule has 1 atom stereocenters. The summed E-state index contributed by atoms with van der Waals surface area (Å²) in [6, 6.07) is 3.50. The maximum absolute atomic E-state index is 13.2. The van der Waals surface area contributed by atoms with Crippen molar-refractivity contribution >= 4 is 43.7 Å². The van der Waals surface area contributed by atoms with Crippen LogP contribution in [0.1, 0.15) is 24.1 Å². The first-order valence-electron chi connectivity index (χ1n) is 9.95. The van der Waals surface area contributed by atoms with Gasteiger partial charge in [0.05, 0.1) is 5.92 Å². The van der Waals surface area contributed by atoms with Crippen molar-refractivity contribution in [2.45, 2.75) is 30.4 Å². The average molecular weight is 455 g/mol. The summed E-state index contributed by atoms with van der Waals surface area (Å²) in [5, 5.41) is 2.97. The molecule has 4 heterocycles. The Balaban J connectivity index is 1.41. The summed E-state index contributed by atoms with van der Waals surface area (Å²) >= 11 is 2.91. The molecule has 0 saturated carbocycles. The van der Waals surface area contributed by atoms with Crippen LogP contribution in [0.3, 0.4) is 0 Å². The molecule has 29 heavy (non-hydrogen) atoms. The SMILES string of the molecule is Cc1ccc(S(=O)(=O)N2CCCC(C(=O)N3CCCN(c4nccs4)CC3)C2)s1. The molecule has 10 heteroatoms. The van der Waals surface area contributed by atoms with Crippen LogP contribution >= 0.6 is 22.7 Å². The fourth-order valence-electron chi connectivity index (χ4n) is 4.00. The summed E-state index contributed by atoms with van der Waals surface area (Å²) in [6.45, 7) is 5.70. The molecule has 2 fully saturated rings.